The fourth-order valence-electron chi connectivity index (χ4n) is 3.24. The van der Waals surface area contributed by atoms with Gasteiger partial charge in [-0.05, 0) is 55.0 Å². The fraction of sp³-hybridized carbons (Fsp3) is 0.296. The van der Waals surface area contributed by atoms with Crippen LogP contribution in [-0.2, 0) is 16.0 Å². The molecule has 6 nitrogen and oxygen atoms in total. The second-order valence-corrected chi connectivity index (χ2v) is 7.45. The van der Waals surface area contributed by atoms with E-state index in [4.69, 9.17) is 23.7 Å². The SMILES string of the molecule is COc1cc(OCCCOc2ccc(Oc3ccccc3)cc2)ccc1CC(OC)C(C)=O. The van der Waals surface area contributed by atoms with E-state index in [1.54, 1.807) is 7.11 Å². The van der Waals surface area contributed by atoms with E-state index in [1.807, 2.05) is 72.8 Å². The van der Waals surface area contributed by atoms with Gasteiger partial charge in [0.1, 0.15) is 34.9 Å². The van der Waals surface area contributed by atoms with E-state index in [9.17, 15) is 4.79 Å². The number of benzene rings is 3. The van der Waals surface area contributed by atoms with Crippen molar-refractivity contribution in [1.82, 2.24) is 0 Å². The number of ether oxygens (including phenoxy) is 5. The molecule has 0 spiro atoms. The average Bonchev–Trinajstić information content (AvgIpc) is 2.84. The minimum atomic E-state index is -0.484. The van der Waals surface area contributed by atoms with Gasteiger partial charge >= 0.3 is 0 Å². The average molecular weight is 451 g/mol. The molecule has 3 aromatic rings. The van der Waals surface area contributed by atoms with Crippen molar-refractivity contribution in [2.45, 2.75) is 25.9 Å². The van der Waals surface area contributed by atoms with Crippen LogP contribution in [0.25, 0.3) is 0 Å². The molecule has 0 aliphatic carbocycles. The zero-order valence-corrected chi connectivity index (χ0v) is 19.3. The van der Waals surface area contributed by atoms with Crippen molar-refractivity contribution in [1.29, 1.82) is 0 Å². The Labute approximate surface area is 195 Å². The molecular weight excluding hydrogens is 420 g/mol. The summed E-state index contributed by atoms with van der Waals surface area (Å²) in [5, 5.41) is 0. The van der Waals surface area contributed by atoms with Gasteiger partial charge in [-0.2, -0.15) is 0 Å². The molecule has 0 aliphatic rings. The normalized spacial score (nSPS) is 11.5. The number of hydrogen-bond donors (Lipinski definition) is 0. The Morgan fingerprint density at radius 1 is 0.788 bits per heavy atom. The minimum Gasteiger partial charge on any atom is -0.496 e. The summed E-state index contributed by atoms with van der Waals surface area (Å²) in [6.07, 6.45) is 0.697. The summed E-state index contributed by atoms with van der Waals surface area (Å²) < 4.78 is 28.1. The van der Waals surface area contributed by atoms with Crippen LogP contribution in [0.4, 0.5) is 0 Å². The highest BCUT2D eigenvalue weighted by molar-refractivity contribution is 5.80. The molecule has 3 rings (SSSR count). The standard InChI is InChI=1S/C27H30O6/c1-20(28)26(29-2)18-21-10-11-25(19-27(21)30-3)32-17-7-16-31-22-12-14-24(15-13-22)33-23-8-5-4-6-9-23/h4-6,8-15,19,26H,7,16-18H2,1-3H3. The van der Waals surface area contributed by atoms with Crippen LogP contribution in [-0.4, -0.2) is 39.3 Å². The van der Waals surface area contributed by atoms with Gasteiger partial charge in [0.2, 0.25) is 0 Å². The molecule has 0 saturated carbocycles. The lowest BCUT2D eigenvalue weighted by Crippen LogP contribution is -2.23. The van der Waals surface area contributed by atoms with Crippen molar-refractivity contribution in [2.24, 2.45) is 0 Å². The van der Waals surface area contributed by atoms with Gasteiger partial charge in [-0.1, -0.05) is 24.3 Å². The van der Waals surface area contributed by atoms with Crippen molar-refractivity contribution >= 4 is 5.78 Å². The van der Waals surface area contributed by atoms with Gasteiger partial charge in [-0.3, -0.25) is 4.79 Å². The third-order valence-corrected chi connectivity index (χ3v) is 5.03. The summed E-state index contributed by atoms with van der Waals surface area (Å²) in [5.41, 5.74) is 0.898. The monoisotopic (exact) mass is 450 g/mol. The molecule has 33 heavy (non-hydrogen) atoms. The molecule has 0 heterocycles. The van der Waals surface area contributed by atoms with Gasteiger partial charge in [-0.25, -0.2) is 0 Å². The molecule has 0 amide bonds. The van der Waals surface area contributed by atoms with Crippen molar-refractivity contribution in [3.63, 3.8) is 0 Å². The number of rotatable bonds is 13. The quantitative estimate of drug-likeness (QED) is 0.321. The van der Waals surface area contributed by atoms with Crippen molar-refractivity contribution in [3.05, 3.63) is 78.4 Å². The Morgan fingerprint density at radius 2 is 1.39 bits per heavy atom. The summed E-state index contributed by atoms with van der Waals surface area (Å²) in [7, 11) is 3.13. The van der Waals surface area contributed by atoms with E-state index >= 15 is 0 Å². The van der Waals surface area contributed by atoms with E-state index < -0.39 is 6.10 Å². The highest BCUT2D eigenvalue weighted by atomic mass is 16.5. The minimum absolute atomic E-state index is 0.0155. The first-order valence-corrected chi connectivity index (χ1v) is 10.9. The molecule has 1 atom stereocenters. The van der Waals surface area contributed by atoms with Crippen LogP contribution in [0.2, 0.25) is 0 Å². The summed E-state index contributed by atoms with van der Waals surface area (Å²) in [5.74, 6) is 3.69. The van der Waals surface area contributed by atoms with Gasteiger partial charge in [0.05, 0.1) is 20.3 Å². The van der Waals surface area contributed by atoms with Gasteiger partial charge in [0.15, 0.2) is 5.78 Å². The first-order valence-electron chi connectivity index (χ1n) is 10.9. The van der Waals surface area contributed by atoms with Gasteiger partial charge in [0, 0.05) is 26.0 Å². The Kier molecular flexibility index (Phi) is 9.15. The molecule has 1 unspecified atom stereocenters. The lowest BCUT2D eigenvalue weighted by molar-refractivity contribution is -0.126. The zero-order chi connectivity index (χ0) is 23.5. The van der Waals surface area contributed by atoms with Crippen LogP contribution in [0.1, 0.15) is 18.9 Å². The van der Waals surface area contributed by atoms with Crippen LogP contribution in [0.3, 0.4) is 0 Å². The molecule has 6 heteroatoms. The van der Waals surface area contributed by atoms with E-state index in [2.05, 4.69) is 0 Å². The maximum absolute atomic E-state index is 11.6. The van der Waals surface area contributed by atoms with Crippen LogP contribution in [0.5, 0.6) is 28.7 Å². The summed E-state index contributed by atoms with van der Waals surface area (Å²) in [6, 6.07) is 22.8. The third kappa shape index (κ3) is 7.54. The number of carbonyl (C=O) groups is 1. The largest absolute Gasteiger partial charge is 0.496 e. The highest BCUT2D eigenvalue weighted by Crippen LogP contribution is 2.27. The third-order valence-electron chi connectivity index (χ3n) is 5.03. The predicted octanol–water partition coefficient (Wildman–Crippen LogP) is 5.48. The van der Waals surface area contributed by atoms with E-state index in [1.165, 1.54) is 14.0 Å². The molecule has 0 aliphatic heterocycles. The van der Waals surface area contributed by atoms with Crippen molar-refractivity contribution in [3.8, 4) is 28.7 Å². The van der Waals surface area contributed by atoms with Crippen LogP contribution in [0, 0.1) is 0 Å². The molecule has 0 aromatic heterocycles. The first kappa shape index (κ1) is 24.1. The van der Waals surface area contributed by atoms with Crippen LogP contribution >= 0.6 is 0 Å². The lowest BCUT2D eigenvalue weighted by Gasteiger charge is -2.16. The summed E-state index contributed by atoms with van der Waals surface area (Å²) >= 11 is 0. The number of methoxy groups -OCH3 is 2. The van der Waals surface area contributed by atoms with E-state index in [0.29, 0.717) is 31.1 Å². The van der Waals surface area contributed by atoms with Gasteiger partial charge in [0.25, 0.3) is 0 Å². The number of para-hydroxylation sites is 1. The molecular formula is C27H30O6. The van der Waals surface area contributed by atoms with E-state index in [0.717, 1.165) is 29.2 Å². The fourth-order valence-corrected chi connectivity index (χ4v) is 3.24. The molecule has 0 bridgehead atoms. The number of hydrogen-bond acceptors (Lipinski definition) is 6. The topological polar surface area (TPSA) is 63.2 Å². The van der Waals surface area contributed by atoms with Crippen LogP contribution < -0.4 is 18.9 Å². The van der Waals surface area contributed by atoms with Gasteiger partial charge in [-0.15, -0.1) is 0 Å². The number of carbonyl (C=O) groups excluding carboxylic acids is 1. The van der Waals surface area contributed by atoms with Crippen molar-refractivity contribution < 1.29 is 28.5 Å². The second kappa shape index (κ2) is 12.5. The van der Waals surface area contributed by atoms with Gasteiger partial charge < -0.3 is 23.7 Å². The molecule has 0 radical (unpaired) electrons. The molecule has 174 valence electrons. The van der Waals surface area contributed by atoms with E-state index in [-0.39, 0.29) is 5.78 Å². The second-order valence-electron chi connectivity index (χ2n) is 7.45. The maximum Gasteiger partial charge on any atom is 0.158 e. The Morgan fingerprint density at radius 3 is 2.03 bits per heavy atom. The summed E-state index contributed by atoms with van der Waals surface area (Å²) in [4.78, 5) is 11.6. The molecule has 0 N–H and O–H groups in total. The van der Waals surface area contributed by atoms with Crippen LogP contribution in [0.15, 0.2) is 72.8 Å². The molecule has 0 fully saturated rings. The first-order chi connectivity index (χ1) is 16.1. The lowest BCUT2D eigenvalue weighted by atomic mass is 10.0. The van der Waals surface area contributed by atoms with Crippen molar-refractivity contribution in [2.75, 3.05) is 27.4 Å². The molecule has 3 aromatic carbocycles. The maximum atomic E-state index is 11.6. The Bertz CT molecular complexity index is 1000. The highest BCUT2D eigenvalue weighted by Gasteiger charge is 2.16. The number of ketones is 1. The Hall–Kier alpha value is -3.51. The number of Topliss-reactive ketones (excluding diaryl/α,β-unsaturated/α-hetero) is 1. The predicted molar refractivity (Wildman–Crippen MR) is 127 cm³/mol. The Balaban J connectivity index is 1.42. The smallest absolute Gasteiger partial charge is 0.158 e. The molecule has 0 saturated heterocycles. The zero-order valence-electron chi connectivity index (χ0n) is 19.3. The summed E-state index contributed by atoms with van der Waals surface area (Å²) in [6.45, 7) is 2.56.